The lowest BCUT2D eigenvalue weighted by molar-refractivity contribution is -0.0157. The fourth-order valence-electron chi connectivity index (χ4n) is 6.83. The third-order valence-corrected chi connectivity index (χ3v) is 8.78. The zero-order chi connectivity index (χ0) is 21.0. The number of urea groups is 1. The van der Waals surface area contributed by atoms with Crippen molar-refractivity contribution in [2.24, 2.45) is 17.8 Å². The van der Waals surface area contributed by atoms with Crippen molar-refractivity contribution >= 4 is 22.5 Å². The Morgan fingerprint density at radius 1 is 1.00 bits per heavy atom. The molecule has 7 heteroatoms. The molecule has 4 aliphatic carbocycles. The normalized spacial score (nSPS) is 31.8. The summed E-state index contributed by atoms with van der Waals surface area (Å²) in [6, 6.07) is 6.60. The van der Waals surface area contributed by atoms with Gasteiger partial charge in [0.2, 0.25) is 0 Å². The van der Waals surface area contributed by atoms with Crippen LogP contribution in [0, 0.1) is 23.6 Å². The van der Waals surface area contributed by atoms with Crippen LogP contribution >= 0.6 is 11.3 Å². The van der Waals surface area contributed by atoms with Gasteiger partial charge in [0, 0.05) is 42.7 Å². The minimum absolute atomic E-state index is 0.0718. The van der Waals surface area contributed by atoms with Crippen molar-refractivity contribution in [3.63, 3.8) is 0 Å². The third-order valence-electron chi connectivity index (χ3n) is 7.88. The molecule has 7 rings (SSSR count). The predicted octanol–water partition coefficient (Wildman–Crippen LogP) is 4.75. The van der Waals surface area contributed by atoms with Gasteiger partial charge in [0.15, 0.2) is 5.13 Å². The SMILES string of the molecule is O=C(NC12CC3CC(CC(C3)C1)C2)N1CCN(c2nc(-c3ccc(F)cc3)cs2)CC1. The number of nitrogens with zero attached hydrogens (tertiary/aromatic N) is 3. The summed E-state index contributed by atoms with van der Waals surface area (Å²) in [7, 11) is 0. The highest BCUT2D eigenvalue weighted by Gasteiger charge is 2.51. The highest BCUT2D eigenvalue weighted by molar-refractivity contribution is 7.14. The summed E-state index contributed by atoms with van der Waals surface area (Å²) in [5.41, 5.74) is 1.88. The summed E-state index contributed by atoms with van der Waals surface area (Å²) in [6.07, 6.45) is 7.74. The smallest absolute Gasteiger partial charge is 0.317 e. The number of piperazine rings is 1. The second kappa shape index (κ2) is 7.47. The number of anilines is 1. The fraction of sp³-hybridized carbons (Fsp3) is 0.583. The van der Waals surface area contributed by atoms with Gasteiger partial charge in [-0.05, 0) is 80.5 Å². The summed E-state index contributed by atoms with van der Waals surface area (Å²) in [4.78, 5) is 22.1. The molecule has 4 bridgehead atoms. The maximum atomic E-state index is 13.2. The molecule has 0 spiro atoms. The van der Waals surface area contributed by atoms with Gasteiger partial charge in [-0.25, -0.2) is 14.2 Å². The van der Waals surface area contributed by atoms with Crippen molar-refractivity contribution in [1.29, 1.82) is 0 Å². The monoisotopic (exact) mass is 440 g/mol. The largest absolute Gasteiger partial charge is 0.345 e. The Balaban J connectivity index is 1.06. The lowest BCUT2D eigenvalue weighted by Crippen LogP contribution is -2.63. The molecule has 0 unspecified atom stereocenters. The van der Waals surface area contributed by atoms with Crippen molar-refractivity contribution in [1.82, 2.24) is 15.2 Å². The molecule has 31 heavy (non-hydrogen) atoms. The second-order valence-electron chi connectivity index (χ2n) is 10.1. The Bertz CT molecular complexity index is 931. The summed E-state index contributed by atoms with van der Waals surface area (Å²) < 4.78 is 13.2. The van der Waals surface area contributed by atoms with E-state index in [1.54, 1.807) is 23.5 Å². The first-order valence-corrected chi connectivity index (χ1v) is 12.5. The van der Waals surface area contributed by atoms with E-state index in [0.29, 0.717) is 0 Å². The number of rotatable bonds is 3. The van der Waals surface area contributed by atoms with E-state index in [1.165, 1.54) is 50.7 Å². The summed E-state index contributed by atoms with van der Waals surface area (Å²) >= 11 is 1.61. The standard InChI is InChI=1S/C24H29FN4OS/c25-20-3-1-19(2-4-20)21-15-31-23(26-21)29-7-5-28(6-8-29)22(30)27-24-12-16-9-17(13-24)11-18(10-16)14-24/h1-4,15-18H,5-14H2,(H,27,30). The van der Waals surface area contributed by atoms with E-state index in [0.717, 1.165) is 60.3 Å². The molecule has 1 N–H and O–H groups in total. The van der Waals surface area contributed by atoms with Crippen LogP contribution in [0.1, 0.15) is 38.5 Å². The van der Waals surface area contributed by atoms with Crippen LogP contribution in [-0.4, -0.2) is 47.6 Å². The zero-order valence-electron chi connectivity index (χ0n) is 17.7. The highest BCUT2D eigenvalue weighted by Crippen LogP contribution is 2.55. The van der Waals surface area contributed by atoms with E-state index in [4.69, 9.17) is 4.98 Å². The van der Waals surface area contributed by atoms with Gasteiger partial charge in [0.1, 0.15) is 5.82 Å². The molecule has 2 amide bonds. The van der Waals surface area contributed by atoms with Crippen LogP contribution in [0.4, 0.5) is 14.3 Å². The van der Waals surface area contributed by atoms with E-state index in [1.807, 2.05) is 10.3 Å². The fourth-order valence-corrected chi connectivity index (χ4v) is 7.72. The van der Waals surface area contributed by atoms with Gasteiger partial charge in [0.05, 0.1) is 5.69 Å². The molecular weight excluding hydrogens is 411 g/mol. The molecular formula is C24H29FN4OS. The van der Waals surface area contributed by atoms with E-state index >= 15 is 0 Å². The van der Waals surface area contributed by atoms with E-state index in [2.05, 4.69) is 10.2 Å². The highest BCUT2D eigenvalue weighted by atomic mass is 32.1. The number of thiazole rings is 1. The first-order valence-electron chi connectivity index (χ1n) is 11.6. The van der Waals surface area contributed by atoms with Gasteiger partial charge in [-0.2, -0.15) is 0 Å². The molecule has 0 atom stereocenters. The predicted molar refractivity (Wildman–Crippen MR) is 121 cm³/mol. The Kier molecular flexibility index (Phi) is 4.70. The van der Waals surface area contributed by atoms with E-state index in [-0.39, 0.29) is 17.4 Å². The zero-order valence-corrected chi connectivity index (χ0v) is 18.5. The molecule has 0 radical (unpaired) electrons. The van der Waals surface area contributed by atoms with Crippen LogP contribution < -0.4 is 10.2 Å². The second-order valence-corrected chi connectivity index (χ2v) is 11.0. The van der Waals surface area contributed by atoms with Crippen molar-refractivity contribution in [2.45, 2.75) is 44.1 Å². The van der Waals surface area contributed by atoms with Crippen LogP contribution in [0.25, 0.3) is 11.3 Å². The molecule has 5 fully saturated rings. The van der Waals surface area contributed by atoms with Gasteiger partial charge in [0.25, 0.3) is 0 Å². The van der Waals surface area contributed by atoms with Gasteiger partial charge in [-0.15, -0.1) is 11.3 Å². The average Bonchev–Trinajstić information content (AvgIpc) is 3.23. The molecule has 1 aliphatic heterocycles. The number of halogens is 1. The van der Waals surface area contributed by atoms with Crippen LogP contribution in [0.15, 0.2) is 29.6 Å². The minimum atomic E-state index is -0.234. The lowest BCUT2D eigenvalue weighted by Gasteiger charge is -2.57. The number of carbonyl (C=O) groups is 1. The molecule has 2 aromatic rings. The Labute approximate surface area is 186 Å². The van der Waals surface area contributed by atoms with Gasteiger partial charge < -0.3 is 15.1 Å². The van der Waals surface area contributed by atoms with Crippen molar-refractivity contribution in [2.75, 3.05) is 31.1 Å². The van der Waals surface area contributed by atoms with Crippen LogP contribution in [-0.2, 0) is 0 Å². The first kappa shape index (κ1) is 19.5. The molecule has 4 saturated carbocycles. The molecule has 5 nitrogen and oxygen atoms in total. The Hall–Kier alpha value is -2.15. The van der Waals surface area contributed by atoms with Crippen LogP contribution in [0.3, 0.4) is 0 Å². The van der Waals surface area contributed by atoms with E-state index < -0.39 is 0 Å². The first-order chi connectivity index (χ1) is 15.1. The van der Waals surface area contributed by atoms with Crippen molar-refractivity contribution in [3.05, 3.63) is 35.5 Å². The van der Waals surface area contributed by atoms with Crippen molar-refractivity contribution in [3.8, 4) is 11.3 Å². The number of hydrogen-bond donors (Lipinski definition) is 1. The van der Waals surface area contributed by atoms with Gasteiger partial charge in [-0.1, -0.05) is 0 Å². The number of hydrogen-bond acceptors (Lipinski definition) is 4. The summed E-state index contributed by atoms with van der Waals surface area (Å²) in [6.45, 7) is 3.04. The number of benzene rings is 1. The Morgan fingerprint density at radius 2 is 1.61 bits per heavy atom. The molecule has 164 valence electrons. The van der Waals surface area contributed by atoms with Crippen LogP contribution in [0.5, 0.6) is 0 Å². The molecule has 5 aliphatic rings. The average molecular weight is 441 g/mol. The van der Waals surface area contributed by atoms with Gasteiger partial charge in [-0.3, -0.25) is 0 Å². The molecule has 1 aromatic heterocycles. The lowest BCUT2D eigenvalue weighted by atomic mass is 9.53. The number of nitrogens with one attached hydrogen (secondary N) is 1. The summed E-state index contributed by atoms with van der Waals surface area (Å²) in [5, 5.41) is 6.50. The topological polar surface area (TPSA) is 48.5 Å². The number of amides is 2. The third kappa shape index (κ3) is 3.71. The molecule has 2 heterocycles. The maximum absolute atomic E-state index is 13.2. The van der Waals surface area contributed by atoms with E-state index in [9.17, 15) is 9.18 Å². The molecule has 1 aromatic carbocycles. The minimum Gasteiger partial charge on any atom is -0.345 e. The number of aromatic nitrogens is 1. The Morgan fingerprint density at radius 3 is 2.23 bits per heavy atom. The quantitative estimate of drug-likeness (QED) is 0.749. The number of carbonyl (C=O) groups excluding carboxylic acids is 1. The maximum Gasteiger partial charge on any atom is 0.317 e. The molecule has 1 saturated heterocycles. The van der Waals surface area contributed by atoms with Crippen LogP contribution in [0.2, 0.25) is 0 Å². The summed E-state index contributed by atoms with van der Waals surface area (Å²) in [5.74, 6) is 2.28. The van der Waals surface area contributed by atoms with Gasteiger partial charge >= 0.3 is 6.03 Å². The van der Waals surface area contributed by atoms with Crippen molar-refractivity contribution < 1.29 is 9.18 Å².